The van der Waals surface area contributed by atoms with Crippen molar-refractivity contribution in [2.24, 2.45) is 0 Å². The van der Waals surface area contributed by atoms with Crippen LogP contribution in [0.5, 0.6) is 0 Å². The highest BCUT2D eigenvalue weighted by Gasteiger charge is 2.29. The van der Waals surface area contributed by atoms with Crippen LogP contribution >= 0.6 is 0 Å². The second-order valence-electron chi connectivity index (χ2n) is 7.06. The van der Waals surface area contributed by atoms with Crippen molar-refractivity contribution in [3.05, 3.63) is 72.0 Å². The number of furan rings is 1. The van der Waals surface area contributed by atoms with Crippen LogP contribution in [0.15, 0.2) is 70.0 Å². The average Bonchev–Trinajstić information content (AvgIpc) is 3.15. The molecular weight excluding hydrogens is 388 g/mol. The molecule has 1 fully saturated rings. The monoisotopic (exact) mass is 410 g/mol. The number of amides is 1. The minimum atomic E-state index is -3.54. The SMILES string of the molecule is Cc1ccc(S(=O)(=O)N2CCN(C(=O)/C=C/c3cc4ccccc4o3)CC2)cc1. The summed E-state index contributed by atoms with van der Waals surface area (Å²) in [7, 11) is -3.54. The maximum atomic E-state index is 12.8. The first-order valence-corrected chi connectivity index (χ1v) is 10.9. The van der Waals surface area contributed by atoms with Crippen LogP contribution in [0.1, 0.15) is 11.3 Å². The summed E-state index contributed by atoms with van der Waals surface area (Å²) < 4.78 is 32.6. The highest BCUT2D eigenvalue weighted by atomic mass is 32.2. The molecule has 1 saturated heterocycles. The quantitative estimate of drug-likeness (QED) is 0.619. The predicted molar refractivity (Wildman–Crippen MR) is 112 cm³/mol. The summed E-state index contributed by atoms with van der Waals surface area (Å²) in [6.45, 7) is 3.18. The number of fused-ring (bicyclic) bond motifs is 1. The summed E-state index contributed by atoms with van der Waals surface area (Å²) >= 11 is 0. The molecule has 29 heavy (non-hydrogen) atoms. The highest BCUT2D eigenvalue weighted by Crippen LogP contribution is 2.21. The standard InChI is InChI=1S/C22H22N2O4S/c1-17-6-9-20(10-7-17)29(26,27)24-14-12-23(13-15-24)22(25)11-8-19-16-18-4-2-3-5-21(18)28-19/h2-11,16H,12-15H2,1H3/b11-8+. The first-order valence-electron chi connectivity index (χ1n) is 9.46. The Morgan fingerprint density at radius 3 is 2.38 bits per heavy atom. The molecule has 0 unspecified atom stereocenters. The van der Waals surface area contributed by atoms with Gasteiger partial charge >= 0.3 is 0 Å². The zero-order valence-electron chi connectivity index (χ0n) is 16.1. The Hall–Kier alpha value is -2.90. The minimum absolute atomic E-state index is 0.155. The van der Waals surface area contributed by atoms with Crippen LogP contribution in [0, 0.1) is 6.92 Å². The van der Waals surface area contributed by atoms with Gasteiger partial charge in [0.15, 0.2) is 0 Å². The molecule has 1 aromatic heterocycles. The van der Waals surface area contributed by atoms with Gasteiger partial charge < -0.3 is 9.32 Å². The van der Waals surface area contributed by atoms with Gasteiger partial charge in [-0.2, -0.15) is 4.31 Å². The molecular formula is C22H22N2O4S. The van der Waals surface area contributed by atoms with Crippen molar-refractivity contribution in [3.8, 4) is 0 Å². The summed E-state index contributed by atoms with van der Waals surface area (Å²) in [4.78, 5) is 14.4. The van der Waals surface area contributed by atoms with Crippen LogP contribution in [0.3, 0.4) is 0 Å². The lowest BCUT2D eigenvalue weighted by Crippen LogP contribution is -2.50. The molecule has 150 valence electrons. The highest BCUT2D eigenvalue weighted by molar-refractivity contribution is 7.89. The van der Waals surface area contributed by atoms with Gasteiger partial charge in [-0.3, -0.25) is 4.79 Å². The van der Waals surface area contributed by atoms with Crippen molar-refractivity contribution < 1.29 is 17.6 Å². The van der Waals surface area contributed by atoms with Crippen molar-refractivity contribution in [3.63, 3.8) is 0 Å². The van der Waals surface area contributed by atoms with Gasteiger partial charge in [-0.15, -0.1) is 0 Å². The third-order valence-corrected chi connectivity index (χ3v) is 6.96. The van der Waals surface area contributed by atoms with Crippen molar-refractivity contribution in [2.45, 2.75) is 11.8 Å². The fourth-order valence-corrected chi connectivity index (χ4v) is 4.77. The maximum absolute atomic E-state index is 12.8. The zero-order chi connectivity index (χ0) is 20.4. The lowest BCUT2D eigenvalue weighted by atomic mass is 10.2. The van der Waals surface area contributed by atoms with Crippen molar-refractivity contribution >= 4 is 33.0 Å². The molecule has 1 amide bonds. The molecule has 3 aromatic rings. The Morgan fingerprint density at radius 2 is 1.69 bits per heavy atom. The third-order valence-electron chi connectivity index (χ3n) is 5.04. The molecule has 7 heteroatoms. The number of benzene rings is 2. The van der Waals surface area contributed by atoms with E-state index in [1.807, 2.05) is 37.3 Å². The lowest BCUT2D eigenvalue weighted by Gasteiger charge is -2.33. The number of hydrogen-bond donors (Lipinski definition) is 0. The summed E-state index contributed by atoms with van der Waals surface area (Å²) in [5, 5.41) is 0.981. The molecule has 4 rings (SSSR count). The number of carbonyl (C=O) groups is 1. The molecule has 0 atom stereocenters. The van der Waals surface area contributed by atoms with Crippen molar-refractivity contribution in [1.82, 2.24) is 9.21 Å². The number of nitrogens with zero attached hydrogens (tertiary/aromatic N) is 2. The fraction of sp³-hybridized carbons (Fsp3) is 0.227. The molecule has 0 radical (unpaired) electrons. The van der Waals surface area contributed by atoms with Crippen LogP contribution in [0.25, 0.3) is 17.0 Å². The molecule has 0 saturated carbocycles. The molecule has 6 nitrogen and oxygen atoms in total. The van der Waals surface area contributed by atoms with Gasteiger partial charge in [0.1, 0.15) is 11.3 Å². The Kier molecular flexibility index (Phi) is 5.25. The van der Waals surface area contributed by atoms with Crippen molar-refractivity contribution in [1.29, 1.82) is 0 Å². The maximum Gasteiger partial charge on any atom is 0.246 e. The van der Waals surface area contributed by atoms with E-state index >= 15 is 0 Å². The smallest absolute Gasteiger partial charge is 0.246 e. The van der Waals surface area contributed by atoms with E-state index in [-0.39, 0.29) is 23.9 Å². The van der Waals surface area contributed by atoms with Crippen LogP contribution in [0.2, 0.25) is 0 Å². The van der Waals surface area contributed by atoms with Gasteiger partial charge in [0, 0.05) is 37.6 Å². The first kappa shape index (κ1) is 19.4. The van der Waals surface area contributed by atoms with Gasteiger partial charge in [0.05, 0.1) is 4.90 Å². The summed E-state index contributed by atoms with van der Waals surface area (Å²) in [5.41, 5.74) is 1.78. The summed E-state index contributed by atoms with van der Waals surface area (Å²) in [5.74, 6) is 0.456. The van der Waals surface area contributed by atoms with Crippen LogP contribution < -0.4 is 0 Å². The van der Waals surface area contributed by atoms with E-state index in [1.54, 1.807) is 35.2 Å². The van der Waals surface area contributed by atoms with Gasteiger partial charge in [-0.1, -0.05) is 35.9 Å². The number of hydrogen-bond acceptors (Lipinski definition) is 4. The molecule has 2 aromatic carbocycles. The molecule has 0 bridgehead atoms. The molecule has 1 aliphatic rings. The van der Waals surface area contributed by atoms with Crippen LogP contribution in [-0.4, -0.2) is 49.7 Å². The van der Waals surface area contributed by atoms with Gasteiger partial charge in [-0.05, 0) is 37.3 Å². The number of piperazine rings is 1. The Morgan fingerprint density at radius 1 is 1.00 bits per heavy atom. The normalized spacial score (nSPS) is 16.0. The van der Waals surface area contributed by atoms with E-state index in [2.05, 4.69) is 0 Å². The largest absolute Gasteiger partial charge is 0.457 e. The van der Waals surface area contributed by atoms with Gasteiger partial charge in [0.2, 0.25) is 15.9 Å². The molecule has 0 aliphatic carbocycles. The van der Waals surface area contributed by atoms with E-state index in [1.165, 1.54) is 10.4 Å². The topological polar surface area (TPSA) is 70.8 Å². The van der Waals surface area contributed by atoms with Crippen LogP contribution in [-0.2, 0) is 14.8 Å². The second kappa shape index (κ2) is 7.85. The second-order valence-corrected chi connectivity index (χ2v) is 9.00. The first-order chi connectivity index (χ1) is 13.9. The number of rotatable bonds is 4. The summed E-state index contributed by atoms with van der Waals surface area (Å²) in [6.07, 6.45) is 3.12. The predicted octanol–water partition coefficient (Wildman–Crippen LogP) is 3.29. The number of aryl methyl sites for hydroxylation is 1. The van der Waals surface area contributed by atoms with Crippen molar-refractivity contribution in [2.75, 3.05) is 26.2 Å². The third kappa shape index (κ3) is 4.11. The molecule has 1 aliphatic heterocycles. The van der Waals surface area contributed by atoms with E-state index in [0.717, 1.165) is 16.5 Å². The van der Waals surface area contributed by atoms with Gasteiger partial charge in [0.25, 0.3) is 0 Å². The number of para-hydroxylation sites is 1. The average molecular weight is 410 g/mol. The number of carbonyl (C=O) groups excluding carboxylic acids is 1. The fourth-order valence-electron chi connectivity index (χ4n) is 3.35. The minimum Gasteiger partial charge on any atom is -0.457 e. The Balaban J connectivity index is 1.38. The molecule has 0 spiro atoms. The van der Waals surface area contributed by atoms with E-state index < -0.39 is 10.0 Å². The van der Waals surface area contributed by atoms with Gasteiger partial charge in [-0.25, -0.2) is 8.42 Å². The Labute approximate surface area is 170 Å². The van der Waals surface area contributed by atoms with E-state index in [9.17, 15) is 13.2 Å². The summed E-state index contributed by atoms with van der Waals surface area (Å²) in [6, 6.07) is 16.4. The van der Waals surface area contributed by atoms with E-state index in [4.69, 9.17) is 4.42 Å². The lowest BCUT2D eigenvalue weighted by molar-refractivity contribution is -0.127. The Bertz CT molecular complexity index is 1120. The molecule has 0 N–H and O–H groups in total. The van der Waals surface area contributed by atoms with E-state index in [0.29, 0.717) is 18.8 Å². The molecule has 2 heterocycles. The zero-order valence-corrected chi connectivity index (χ0v) is 16.9. The van der Waals surface area contributed by atoms with Crippen LogP contribution in [0.4, 0.5) is 0 Å². The number of sulfonamides is 1.